The Labute approximate surface area is 206 Å². The van der Waals surface area contributed by atoms with Crippen LogP contribution < -0.4 is 14.2 Å². The molecule has 0 heterocycles. The van der Waals surface area contributed by atoms with E-state index in [2.05, 4.69) is 22.0 Å². The van der Waals surface area contributed by atoms with Crippen molar-refractivity contribution in [3.05, 3.63) is 85.8 Å². The van der Waals surface area contributed by atoms with Crippen molar-refractivity contribution in [2.45, 2.75) is 19.3 Å². The van der Waals surface area contributed by atoms with Crippen LogP contribution in [-0.4, -0.2) is 20.3 Å². The zero-order valence-electron chi connectivity index (χ0n) is 17.7. The summed E-state index contributed by atoms with van der Waals surface area (Å²) in [7, 11) is 1.61. The second-order valence-electron chi connectivity index (χ2n) is 7.17. The summed E-state index contributed by atoms with van der Waals surface area (Å²) < 4.78 is 17.8. The third-order valence-electron chi connectivity index (χ3n) is 4.83. The highest BCUT2D eigenvalue weighted by atomic mass is 79.9. The van der Waals surface area contributed by atoms with Gasteiger partial charge in [0.25, 0.3) is 0 Å². The van der Waals surface area contributed by atoms with Crippen molar-refractivity contribution in [2.24, 2.45) is 0 Å². The minimum Gasteiger partial charge on any atom is -0.496 e. The lowest BCUT2D eigenvalue weighted by Crippen LogP contribution is -2.09. The van der Waals surface area contributed by atoms with Gasteiger partial charge in [0.2, 0.25) is 0 Å². The Morgan fingerprint density at radius 2 is 1.62 bits per heavy atom. The number of methoxy groups -OCH3 is 1. The number of benzene rings is 3. The molecule has 0 spiro atoms. The van der Waals surface area contributed by atoms with E-state index in [-0.39, 0.29) is 5.92 Å². The van der Waals surface area contributed by atoms with E-state index in [0.29, 0.717) is 46.9 Å². The average Bonchev–Trinajstić information content (AvgIpc) is 2.77. The fourth-order valence-electron chi connectivity index (χ4n) is 3.28. The summed E-state index contributed by atoms with van der Waals surface area (Å²) in [5.74, 6) is 1.55. The van der Waals surface area contributed by atoms with Gasteiger partial charge in [0, 0.05) is 10.0 Å². The standard InChI is InChI=1S/C25H22BrCl2NO3/c1-16-11-22(27)25(23(28)12-16)32-10-9-31-20-6-3-17(4-7-20)13-18(15-29)21-8-5-19(26)14-24(21)30-2/h3-8,11-12,14,18H,9-10,13H2,1-2H3. The maximum absolute atomic E-state index is 9.70. The molecule has 3 aromatic rings. The number of nitrogens with zero attached hydrogens (tertiary/aromatic N) is 1. The van der Waals surface area contributed by atoms with E-state index in [1.807, 2.05) is 49.4 Å². The molecular weight excluding hydrogens is 513 g/mol. The van der Waals surface area contributed by atoms with Crippen LogP contribution in [0.2, 0.25) is 10.0 Å². The zero-order valence-corrected chi connectivity index (χ0v) is 20.8. The average molecular weight is 535 g/mol. The Bertz CT molecular complexity index is 1090. The van der Waals surface area contributed by atoms with Crippen molar-refractivity contribution in [3.63, 3.8) is 0 Å². The number of halogens is 3. The van der Waals surface area contributed by atoms with Crippen LogP contribution in [0.4, 0.5) is 0 Å². The highest BCUT2D eigenvalue weighted by Crippen LogP contribution is 2.34. The molecule has 1 atom stereocenters. The van der Waals surface area contributed by atoms with E-state index >= 15 is 0 Å². The normalized spacial score (nSPS) is 11.5. The van der Waals surface area contributed by atoms with Gasteiger partial charge in [-0.25, -0.2) is 0 Å². The lowest BCUT2D eigenvalue weighted by molar-refractivity contribution is 0.217. The zero-order chi connectivity index (χ0) is 23.1. The van der Waals surface area contributed by atoms with Crippen LogP contribution in [0.15, 0.2) is 59.1 Å². The van der Waals surface area contributed by atoms with E-state index in [4.69, 9.17) is 37.4 Å². The van der Waals surface area contributed by atoms with Crippen LogP contribution in [0.1, 0.15) is 22.6 Å². The van der Waals surface area contributed by atoms with E-state index in [1.165, 1.54) is 0 Å². The Morgan fingerprint density at radius 1 is 0.969 bits per heavy atom. The number of nitriles is 1. The molecule has 7 heteroatoms. The first kappa shape index (κ1) is 24.3. The second-order valence-corrected chi connectivity index (χ2v) is 8.90. The van der Waals surface area contributed by atoms with E-state index in [9.17, 15) is 5.26 Å². The first-order chi connectivity index (χ1) is 15.4. The fourth-order valence-corrected chi connectivity index (χ4v) is 4.33. The van der Waals surface area contributed by atoms with Gasteiger partial charge in [0.15, 0.2) is 5.75 Å². The van der Waals surface area contributed by atoms with Crippen molar-refractivity contribution in [1.29, 1.82) is 5.26 Å². The van der Waals surface area contributed by atoms with Crippen LogP contribution in [0, 0.1) is 18.3 Å². The van der Waals surface area contributed by atoms with Gasteiger partial charge >= 0.3 is 0 Å². The lowest BCUT2D eigenvalue weighted by atomic mass is 9.92. The molecule has 0 aromatic heterocycles. The van der Waals surface area contributed by atoms with Crippen molar-refractivity contribution < 1.29 is 14.2 Å². The predicted octanol–water partition coefficient (Wildman–Crippen LogP) is 7.38. The predicted molar refractivity (Wildman–Crippen MR) is 131 cm³/mol. The lowest BCUT2D eigenvalue weighted by Gasteiger charge is -2.15. The van der Waals surface area contributed by atoms with Crippen LogP contribution in [0.25, 0.3) is 0 Å². The third kappa shape index (κ3) is 6.32. The maximum Gasteiger partial charge on any atom is 0.156 e. The Balaban J connectivity index is 1.55. The summed E-state index contributed by atoms with van der Waals surface area (Å²) in [6.45, 7) is 2.57. The fraction of sp³-hybridized carbons (Fsp3) is 0.240. The molecule has 1 unspecified atom stereocenters. The summed E-state index contributed by atoms with van der Waals surface area (Å²) >= 11 is 15.8. The molecule has 0 aliphatic rings. The first-order valence-corrected chi connectivity index (χ1v) is 11.5. The summed E-state index contributed by atoms with van der Waals surface area (Å²) in [6, 6.07) is 19.4. The molecule has 4 nitrogen and oxygen atoms in total. The van der Waals surface area contributed by atoms with Crippen LogP contribution >= 0.6 is 39.1 Å². The van der Waals surface area contributed by atoms with Crippen molar-refractivity contribution in [3.8, 4) is 23.3 Å². The first-order valence-electron chi connectivity index (χ1n) is 9.94. The van der Waals surface area contributed by atoms with Crippen LogP contribution in [0.3, 0.4) is 0 Å². The van der Waals surface area contributed by atoms with Gasteiger partial charge in [-0.2, -0.15) is 5.26 Å². The molecule has 0 radical (unpaired) electrons. The molecule has 0 aliphatic carbocycles. The molecule has 0 aliphatic heterocycles. The largest absolute Gasteiger partial charge is 0.496 e. The highest BCUT2D eigenvalue weighted by molar-refractivity contribution is 9.10. The molecule has 3 aromatic carbocycles. The molecule has 0 saturated heterocycles. The topological polar surface area (TPSA) is 51.5 Å². The molecule has 32 heavy (non-hydrogen) atoms. The minimum atomic E-state index is -0.317. The molecule has 3 rings (SSSR count). The van der Waals surface area contributed by atoms with Gasteiger partial charge < -0.3 is 14.2 Å². The van der Waals surface area contributed by atoms with Crippen molar-refractivity contribution in [2.75, 3.05) is 20.3 Å². The number of hydrogen-bond acceptors (Lipinski definition) is 4. The third-order valence-corrected chi connectivity index (χ3v) is 5.89. The summed E-state index contributed by atoms with van der Waals surface area (Å²) in [5, 5.41) is 10.7. The number of ether oxygens (including phenoxy) is 3. The smallest absolute Gasteiger partial charge is 0.156 e. The Hall–Kier alpha value is -2.39. The minimum absolute atomic E-state index is 0.310. The Morgan fingerprint density at radius 3 is 2.25 bits per heavy atom. The quantitative estimate of drug-likeness (QED) is 0.269. The summed E-state index contributed by atoms with van der Waals surface area (Å²) in [6.07, 6.45) is 0.572. The summed E-state index contributed by atoms with van der Waals surface area (Å²) in [5.41, 5.74) is 2.87. The monoisotopic (exact) mass is 533 g/mol. The molecular formula is C25H22BrCl2NO3. The SMILES string of the molecule is COc1cc(Br)ccc1C(C#N)Cc1ccc(OCCOc2c(Cl)cc(C)cc2Cl)cc1. The van der Waals surface area contributed by atoms with Gasteiger partial charge in [0.05, 0.1) is 29.1 Å². The van der Waals surface area contributed by atoms with Crippen LogP contribution in [-0.2, 0) is 6.42 Å². The molecule has 0 saturated carbocycles. The van der Waals surface area contributed by atoms with Crippen molar-refractivity contribution in [1.82, 2.24) is 0 Å². The number of hydrogen-bond donors (Lipinski definition) is 0. The Kier molecular flexibility index (Phi) is 8.69. The molecule has 0 N–H and O–H groups in total. The van der Waals surface area contributed by atoms with Gasteiger partial charge in [0.1, 0.15) is 24.7 Å². The second kappa shape index (κ2) is 11.5. The summed E-state index contributed by atoms with van der Waals surface area (Å²) in [4.78, 5) is 0. The van der Waals surface area contributed by atoms with E-state index in [0.717, 1.165) is 21.2 Å². The van der Waals surface area contributed by atoms with Gasteiger partial charge in [-0.05, 0) is 60.9 Å². The maximum atomic E-state index is 9.70. The van der Waals surface area contributed by atoms with E-state index < -0.39 is 0 Å². The van der Waals surface area contributed by atoms with E-state index in [1.54, 1.807) is 19.2 Å². The number of aryl methyl sites for hydroxylation is 1. The van der Waals surface area contributed by atoms with Gasteiger partial charge in [-0.15, -0.1) is 0 Å². The van der Waals surface area contributed by atoms with Crippen molar-refractivity contribution >= 4 is 39.1 Å². The van der Waals surface area contributed by atoms with Crippen LogP contribution in [0.5, 0.6) is 17.2 Å². The molecule has 0 fully saturated rings. The molecule has 0 amide bonds. The molecule has 166 valence electrons. The number of rotatable bonds is 9. The highest BCUT2D eigenvalue weighted by Gasteiger charge is 2.17. The van der Waals surface area contributed by atoms with Gasteiger partial charge in [-0.3, -0.25) is 0 Å². The van der Waals surface area contributed by atoms with Gasteiger partial charge in [-0.1, -0.05) is 57.3 Å². The molecule has 0 bridgehead atoms.